The highest BCUT2D eigenvalue weighted by Gasteiger charge is 2.23. The highest BCUT2D eigenvalue weighted by Crippen LogP contribution is 2.18. The van der Waals surface area contributed by atoms with Gasteiger partial charge in [-0.25, -0.2) is 0 Å². The van der Waals surface area contributed by atoms with E-state index in [1.165, 1.54) is 12.8 Å². The minimum absolute atomic E-state index is 0.241. The molecule has 0 bridgehead atoms. The van der Waals surface area contributed by atoms with E-state index in [1.54, 1.807) is 0 Å². The first-order valence-electron chi connectivity index (χ1n) is 7.07. The first-order chi connectivity index (χ1) is 9.67. The van der Waals surface area contributed by atoms with Crippen molar-refractivity contribution in [3.05, 3.63) is 0 Å². The van der Waals surface area contributed by atoms with Crippen LogP contribution in [-0.4, -0.2) is 47.3 Å². The summed E-state index contributed by atoms with van der Waals surface area (Å²) in [6.07, 6.45) is 5.70. The zero-order valence-corrected chi connectivity index (χ0v) is 11.8. The normalized spacial score (nSPS) is 24.8. The summed E-state index contributed by atoms with van der Waals surface area (Å²) in [5.41, 5.74) is 10.9. The zero-order chi connectivity index (χ0) is 14.8. The molecule has 8 heteroatoms. The number of rotatable bonds is 8. The van der Waals surface area contributed by atoms with Crippen LogP contribution < -0.4 is 22.1 Å². The van der Waals surface area contributed by atoms with Crippen LogP contribution in [0, 0.1) is 0 Å². The maximum absolute atomic E-state index is 8.49. The first-order valence-corrected chi connectivity index (χ1v) is 7.07. The van der Waals surface area contributed by atoms with Crippen molar-refractivity contribution in [1.29, 1.82) is 0 Å². The summed E-state index contributed by atoms with van der Waals surface area (Å²) in [6.45, 7) is 1.39. The van der Waals surface area contributed by atoms with E-state index < -0.39 is 0 Å². The SMILES string of the molecule is N/C(CCNC1CCCCC1NCC/C(N)=N\O)=N/O. The van der Waals surface area contributed by atoms with Crippen LogP contribution in [0.3, 0.4) is 0 Å². The molecular formula is C12H26N6O2. The Morgan fingerprint density at radius 3 is 1.65 bits per heavy atom. The summed E-state index contributed by atoms with van der Waals surface area (Å²) in [7, 11) is 0. The van der Waals surface area contributed by atoms with Crippen LogP contribution in [0.25, 0.3) is 0 Å². The Morgan fingerprint density at radius 1 is 0.900 bits per heavy atom. The molecule has 0 aromatic heterocycles. The van der Waals surface area contributed by atoms with Gasteiger partial charge in [-0.15, -0.1) is 0 Å². The number of nitrogens with zero attached hydrogens (tertiary/aromatic N) is 2. The molecular weight excluding hydrogens is 260 g/mol. The van der Waals surface area contributed by atoms with Crippen LogP contribution in [0.5, 0.6) is 0 Å². The van der Waals surface area contributed by atoms with Crippen molar-refractivity contribution in [3.63, 3.8) is 0 Å². The monoisotopic (exact) mass is 286 g/mol. The van der Waals surface area contributed by atoms with E-state index in [0.717, 1.165) is 12.8 Å². The third-order valence-corrected chi connectivity index (χ3v) is 3.60. The second-order valence-corrected chi connectivity index (χ2v) is 5.09. The molecule has 20 heavy (non-hydrogen) atoms. The van der Waals surface area contributed by atoms with Crippen molar-refractivity contribution in [1.82, 2.24) is 10.6 Å². The summed E-state index contributed by atoms with van der Waals surface area (Å²) in [6, 6.07) is 0.755. The number of amidine groups is 2. The summed E-state index contributed by atoms with van der Waals surface area (Å²) in [5.74, 6) is 0.481. The van der Waals surface area contributed by atoms with Gasteiger partial charge in [0.25, 0.3) is 0 Å². The second-order valence-electron chi connectivity index (χ2n) is 5.09. The highest BCUT2D eigenvalue weighted by molar-refractivity contribution is 5.80. The van der Waals surface area contributed by atoms with Gasteiger partial charge in [0.2, 0.25) is 0 Å². The molecule has 1 fully saturated rings. The summed E-state index contributed by atoms with van der Waals surface area (Å²) >= 11 is 0. The number of hydrogen-bond donors (Lipinski definition) is 6. The van der Waals surface area contributed by atoms with E-state index in [9.17, 15) is 0 Å². The predicted molar refractivity (Wildman–Crippen MR) is 78.1 cm³/mol. The molecule has 2 atom stereocenters. The van der Waals surface area contributed by atoms with E-state index in [0.29, 0.717) is 38.0 Å². The Bertz CT molecular complexity index is 302. The Balaban J connectivity index is 2.30. The van der Waals surface area contributed by atoms with E-state index >= 15 is 0 Å². The van der Waals surface area contributed by atoms with Gasteiger partial charge in [0.1, 0.15) is 11.7 Å². The van der Waals surface area contributed by atoms with Gasteiger partial charge in [0.05, 0.1) is 0 Å². The van der Waals surface area contributed by atoms with Crippen LogP contribution in [0.15, 0.2) is 10.3 Å². The maximum atomic E-state index is 8.49. The summed E-state index contributed by atoms with van der Waals surface area (Å²) in [4.78, 5) is 0. The topological polar surface area (TPSA) is 141 Å². The first kappa shape index (κ1) is 16.5. The van der Waals surface area contributed by atoms with Crippen molar-refractivity contribution in [2.45, 2.75) is 50.6 Å². The van der Waals surface area contributed by atoms with Crippen LogP contribution in [0.4, 0.5) is 0 Å². The Labute approximate surface area is 119 Å². The van der Waals surface area contributed by atoms with Crippen LogP contribution >= 0.6 is 0 Å². The Morgan fingerprint density at radius 2 is 1.30 bits per heavy atom. The van der Waals surface area contributed by atoms with E-state index in [4.69, 9.17) is 21.9 Å². The third-order valence-electron chi connectivity index (χ3n) is 3.60. The molecule has 1 saturated carbocycles. The van der Waals surface area contributed by atoms with Gasteiger partial charge in [-0.05, 0) is 12.8 Å². The molecule has 0 aromatic carbocycles. The second kappa shape index (κ2) is 9.38. The zero-order valence-electron chi connectivity index (χ0n) is 11.8. The maximum Gasteiger partial charge on any atom is 0.140 e. The molecule has 0 saturated heterocycles. The van der Waals surface area contributed by atoms with Crippen molar-refractivity contribution in [3.8, 4) is 0 Å². The van der Waals surface area contributed by atoms with Gasteiger partial charge in [-0.3, -0.25) is 0 Å². The predicted octanol–water partition coefficient (Wildman–Crippen LogP) is -0.250. The van der Waals surface area contributed by atoms with E-state index in [1.807, 2.05) is 0 Å². The van der Waals surface area contributed by atoms with Crippen LogP contribution in [0.2, 0.25) is 0 Å². The molecule has 0 amide bonds. The number of nitrogens with one attached hydrogen (secondary N) is 2. The summed E-state index contributed by atoms with van der Waals surface area (Å²) in [5, 5.41) is 29.8. The molecule has 0 heterocycles. The molecule has 0 aromatic rings. The summed E-state index contributed by atoms with van der Waals surface area (Å²) < 4.78 is 0. The van der Waals surface area contributed by atoms with Gasteiger partial charge >= 0.3 is 0 Å². The molecule has 8 N–H and O–H groups in total. The lowest BCUT2D eigenvalue weighted by Crippen LogP contribution is -2.50. The highest BCUT2D eigenvalue weighted by atomic mass is 16.4. The molecule has 0 aliphatic heterocycles. The molecule has 1 aliphatic rings. The fourth-order valence-corrected chi connectivity index (χ4v) is 2.49. The van der Waals surface area contributed by atoms with Gasteiger partial charge in [0, 0.05) is 38.0 Å². The molecule has 2 unspecified atom stereocenters. The molecule has 0 spiro atoms. The Hall–Kier alpha value is -1.54. The fraction of sp³-hybridized carbons (Fsp3) is 0.833. The van der Waals surface area contributed by atoms with Crippen molar-refractivity contribution < 1.29 is 10.4 Å². The minimum Gasteiger partial charge on any atom is -0.409 e. The van der Waals surface area contributed by atoms with E-state index in [-0.39, 0.29) is 11.7 Å². The van der Waals surface area contributed by atoms with Gasteiger partial charge in [0.15, 0.2) is 0 Å². The average molecular weight is 286 g/mol. The van der Waals surface area contributed by atoms with Crippen molar-refractivity contribution in [2.24, 2.45) is 21.8 Å². The van der Waals surface area contributed by atoms with Gasteiger partial charge in [-0.2, -0.15) is 0 Å². The standard InChI is InChI=1S/C12H26N6O2/c13-11(17-19)5-7-15-9-3-1-2-4-10(9)16-8-6-12(14)18-20/h9-10,15-16,19-20H,1-8H2,(H2,13,17)(H2,14,18). The molecule has 1 rings (SSSR count). The lowest BCUT2D eigenvalue weighted by atomic mass is 9.90. The van der Waals surface area contributed by atoms with Crippen molar-refractivity contribution in [2.75, 3.05) is 13.1 Å². The number of oxime groups is 2. The molecule has 1 aliphatic carbocycles. The quantitative estimate of drug-likeness (QED) is 0.157. The van der Waals surface area contributed by atoms with Crippen LogP contribution in [-0.2, 0) is 0 Å². The number of hydrogen-bond acceptors (Lipinski definition) is 6. The minimum atomic E-state index is 0.241. The van der Waals surface area contributed by atoms with Crippen LogP contribution in [0.1, 0.15) is 38.5 Å². The smallest absolute Gasteiger partial charge is 0.140 e. The molecule has 0 radical (unpaired) electrons. The number of nitrogens with two attached hydrogens (primary N) is 2. The molecule has 8 nitrogen and oxygen atoms in total. The lowest BCUT2D eigenvalue weighted by Gasteiger charge is -2.33. The van der Waals surface area contributed by atoms with Gasteiger partial charge in [-0.1, -0.05) is 23.2 Å². The molecule has 116 valence electrons. The van der Waals surface area contributed by atoms with Gasteiger partial charge < -0.3 is 32.5 Å². The fourth-order valence-electron chi connectivity index (χ4n) is 2.49. The Kier molecular flexibility index (Phi) is 7.74. The third kappa shape index (κ3) is 6.07. The largest absolute Gasteiger partial charge is 0.409 e. The lowest BCUT2D eigenvalue weighted by molar-refractivity contribution is 0.286. The average Bonchev–Trinajstić information content (AvgIpc) is 2.48. The van der Waals surface area contributed by atoms with E-state index in [2.05, 4.69) is 20.9 Å². The van der Waals surface area contributed by atoms with Crippen molar-refractivity contribution >= 4 is 11.7 Å².